The summed E-state index contributed by atoms with van der Waals surface area (Å²) in [6, 6.07) is 7.31. The molecule has 3 aliphatic rings. The van der Waals surface area contributed by atoms with Gasteiger partial charge in [0.1, 0.15) is 18.3 Å². The van der Waals surface area contributed by atoms with Crippen molar-refractivity contribution in [1.29, 1.82) is 0 Å². The fraction of sp³-hybridized carbons (Fsp3) is 0.609. The van der Waals surface area contributed by atoms with Crippen LogP contribution < -0.4 is 16.0 Å². The maximum atomic E-state index is 12.9. The lowest BCUT2D eigenvalue weighted by Gasteiger charge is -2.36. The molecule has 0 aromatic heterocycles. The maximum Gasteiger partial charge on any atom is 0.252 e. The molecule has 0 bridgehead atoms. The number of hydrogen-bond donors (Lipinski definition) is 3. The molecule has 3 fully saturated rings. The number of rotatable bonds is 6. The number of amides is 3. The Morgan fingerprint density at radius 1 is 0.853 bits per heavy atom. The van der Waals surface area contributed by atoms with E-state index in [0.717, 1.165) is 5.56 Å². The quantitative estimate of drug-likeness (QED) is 0.541. The normalized spacial score (nSPS) is 30.7. The van der Waals surface area contributed by atoms with E-state index in [0.29, 0.717) is 5.69 Å². The molecule has 0 saturated carbocycles. The van der Waals surface area contributed by atoms with Gasteiger partial charge >= 0.3 is 0 Å². The lowest BCUT2D eigenvalue weighted by molar-refractivity contribution is -0.231. The highest BCUT2D eigenvalue weighted by molar-refractivity contribution is 5.95. The Morgan fingerprint density at radius 2 is 1.50 bits per heavy atom. The molecule has 4 rings (SSSR count). The number of carbonyl (C=O) groups is 3. The number of carbonyl (C=O) groups excluding carboxylic acids is 3. The van der Waals surface area contributed by atoms with E-state index in [2.05, 4.69) is 16.0 Å². The van der Waals surface area contributed by atoms with Crippen LogP contribution in [-0.4, -0.2) is 73.1 Å². The number of fused-ring (bicyclic) bond motifs is 3. The van der Waals surface area contributed by atoms with Gasteiger partial charge in [0, 0.05) is 5.69 Å². The summed E-state index contributed by atoms with van der Waals surface area (Å²) in [7, 11) is 0. The van der Waals surface area contributed by atoms with Gasteiger partial charge in [0.2, 0.25) is 11.8 Å². The Labute approximate surface area is 197 Å². The number of benzene rings is 1. The lowest BCUT2D eigenvalue weighted by Crippen LogP contribution is -2.60. The molecule has 3 heterocycles. The van der Waals surface area contributed by atoms with Gasteiger partial charge in [0.15, 0.2) is 24.0 Å². The van der Waals surface area contributed by atoms with Gasteiger partial charge in [-0.05, 0) is 52.3 Å². The van der Waals surface area contributed by atoms with Crippen LogP contribution in [0.15, 0.2) is 24.3 Å². The number of aryl methyl sites for hydroxylation is 1. The van der Waals surface area contributed by atoms with Gasteiger partial charge in [-0.3, -0.25) is 14.4 Å². The van der Waals surface area contributed by atoms with Gasteiger partial charge in [0.25, 0.3) is 5.91 Å². The highest BCUT2D eigenvalue weighted by atomic mass is 16.9. The first-order chi connectivity index (χ1) is 15.9. The number of ether oxygens (including phenoxy) is 5. The molecule has 3 N–H and O–H groups in total. The van der Waals surface area contributed by atoms with Crippen LogP contribution in [0.3, 0.4) is 0 Å². The molecule has 0 unspecified atom stereocenters. The summed E-state index contributed by atoms with van der Waals surface area (Å²) in [6.07, 6.45) is -3.75. The smallest absolute Gasteiger partial charge is 0.252 e. The van der Waals surface area contributed by atoms with E-state index in [1.807, 2.05) is 25.1 Å². The van der Waals surface area contributed by atoms with Crippen molar-refractivity contribution >= 4 is 23.4 Å². The Morgan fingerprint density at radius 3 is 2.24 bits per heavy atom. The van der Waals surface area contributed by atoms with E-state index < -0.39 is 54.1 Å². The maximum absolute atomic E-state index is 12.9. The zero-order valence-electron chi connectivity index (χ0n) is 19.9. The minimum Gasteiger partial charge on any atom is -0.345 e. The molecule has 1 aromatic carbocycles. The molecule has 3 amide bonds. The Balaban J connectivity index is 1.29. The molecular weight excluding hydrogens is 446 g/mol. The first-order valence-corrected chi connectivity index (χ1v) is 11.2. The predicted molar refractivity (Wildman–Crippen MR) is 118 cm³/mol. The molecule has 0 aliphatic carbocycles. The van der Waals surface area contributed by atoms with E-state index in [1.165, 1.54) is 0 Å². The van der Waals surface area contributed by atoms with Crippen molar-refractivity contribution in [1.82, 2.24) is 10.6 Å². The van der Waals surface area contributed by atoms with Crippen LogP contribution in [-0.2, 0) is 38.1 Å². The van der Waals surface area contributed by atoms with E-state index in [4.69, 9.17) is 23.7 Å². The molecule has 3 aliphatic heterocycles. The van der Waals surface area contributed by atoms with Crippen molar-refractivity contribution in [3.63, 3.8) is 0 Å². The Kier molecular flexibility index (Phi) is 6.67. The highest BCUT2D eigenvalue weighted by Gasteiger charge is 2.62. The third kappa shape index (κ3) is 5.56. The van der Waals surface area contributed by atoms with Crippen molar-refractivity contribution in [2.24, 2.45) is 0 Å². The molecule has 11 heteroatoms. The number of nitrogens with one attached hydrogen (secondary N) is 3. The van der Waals surface area contributed by atoms with Crippen LogP contribution in [0.4, 0.5) is 5.69 Å². The SMILES string of the molecule is Cc1cccc(NC(=O)CNC(=O)CNC(=O)[C@@H]2O[C@@H]3OC(C)(C)O[C@@H]3[C@@H]3OC(C)(C)O[C@H]32)c1. The molecular formula is C23H31N3O8. The third-order valence-electron chi connectivity index (χ3n) is 5.58. The van der Waals surface area contributed by atoms with Gasteiger partial charge in [-0.1, -0.05) is 12.1 Å². The van der Waals surface area contributed by atoms with Gasteiger partial charge in [0.05, 0.1) is 13.1 Å². The number of anilines is 1. The van der Waals surface area contributed by atoms with Crippen molar-refractivity contribution in [3.05, 3.63) is 29.8 Å². The van der Waals surface area contributed by atoms with E-state index in [1.54, 1.807) is 33.8 Å². The van der Waals surface area contributed by atoms with E-state index in [-0.39, 0.29) is 19.0 Å². The predicted octanol–water partition coefficient (Wildman–Crippen LogP) is 0.562. The average molecular weight is 478 g/mol. The second kappa shape index (κ2) is 9.23. The molecule has 0 spiro atoms. The lowest BCUT2D eigenvalue weighted by atomic mass is 9.98. The summed E-state index contributed by atoms with van der Waals surface area (Å²) < 4.78 is 29.4. The largest absolute Gasteiger partial charge is 0.345 e. The summed E-state index contributed by atoms with van der Waals surface area (Å²) in [5, 5.41) is 7.71. The van der Waals surface area contributed by atoms with Gasteiger partial charge in [-0.25, -0.2) is 0 Å². The van der Waals surface area contributed by atoms with Crippen LogP contribution in [0.25, 0.3) is 0 Å². The zero-order chi connectivity index (χ0) is 24.7. The van der Waals surface area contributed by atoms with Crippen molar-refractivity contribution < 1.29 is 38.1 Å². The summed E-state index contributed by atoms with van der Waals surface area (Å²) in [6.45, 7) is 8.32. The molecule has 1 aromatic rings. The summed E-state index contributed by atoms with van der Waals surface area (Å²) in [5.74, 6) is -3.30. The zero-order valence-corrected chi connectivity index (χ0v) is 19.9. The van der Waals surface area contributed by atoms with Crippen LogP contribution in [0.2, 0.25) is 0 Å². The number of hydrogen-bond acceptors (Lipinski definition) is 8. The summed E-state index contributed by atoms with van der Waals surface area (Å²) in [5.41, 5.74) is 1.64. The van der Waals surface area contributed by atoms with Crippen LogP contribution in [0.1, 0.15) is 33.3 Å². The second-order valence-electron chi connectivity index (χ2n) is 9.50. The molecule has 34 heavy (non-hydrogen) atoms. The van der Waals surface area contributed by atoms with Gasteiger partial charge in [-0.2, -0.15) is 0 Å². The van der Waals surface area contributed by atoms with Crippen molar-refractivity contribution in [3.8, 4) is 0 Å². The fourth-order valence-electron chi connectivity index (χ4n) is 4.26. The van der Waals surface area contributed by atoms with E-state index in [9.17, 15) is 14.4 Å². The van der Waals surface area contributed by atoms with Crippen LogP contribution >= 0.6 is 0 Å². The molecule has 0 radical (unpaired) electrons. The van der Waals surface area contributed by atoms with Crippen molar-refractivity contribution in [2.75, 3.05) is 18.4 Å². The fourth-order valence-corrected chi connectivity index (χ4v) is 4.26. The van der Waals surface area contributed by atoms with Crippen LogP contribution in [0.5, 0.6) is 0 Å². The minimum absolute atomic E-state index is 0.234. The average Bonchev–Trinajstić information content (AvgIpc) is 3.23. The molecule has 3 saturated heterocycles. The summed E-state index contributed by atoms with van der Waals surface area (Å²) in [4.78, 5) is 37.2. The molecule has 5 atom stereocenters. The van der Waals surface area contributed by atoms with E-state index >= 15 is 0 Å². The minimum atomic E-state index is -1.07. The first kappa shape index (κ1) is 24.6. The van der Waals surface area contributed by atoms with Gasteiger partial charge in [-0.15, -0.1) is 0 Å². The van der Waals surface area contributed by atoms with Crippen LogP contribution in [0, 0.1) is 6.92 Å². The standard InChI is InChI=1S/C23H31N3O8/c1-12-7-6-8-13(9-12)26-15(28)11-24-14(27)10-25-20(29)18-16-17(32-22(2,3)31-16)19-21(30-18)34-23(4,5)33-19/h6-9,16-19,21H,10-11H2,1-5H3,(H,24,27)(H,25,29)(H,26,28)/t16-,17-,18-,19-,21-/m1/s1. The van der Waals surface area contributed by atoms with Crippen molar-refractivity contribution in [2.45, 2.75) is 76.9 Å². The monoisotopic (exact) mass is 477 g/mol. The third-order valence-corrected chi connectivity index (χ3v) is 5.58. The highest BCUT2D eigenvalue weighted by Crippen LogP contribution is 2.44. The Hall–Kier alpha value is -2.57. The second-order valence-corrected chi connectivity index (χ2v) is 9.50. The Bertz CT molecular complexity index is 965. The topological polar surface area (TPSA) is 133 Å². The first-order valence-electron chi connectivity index (χ1n) is 11.2. The molecule has 186 valence electrons. The van der Waals surface area contributed by atoms with Gasteiger partial charge < -0.3 is 39.6 Å². The summed E-state index contributed by atoms with van der Waals surface area (Å²) >= 11 is 0. The molecule has 11 nitrogen and oxygen atoms in total.